The van der Waals surface area contributed by atoms with Gasteiger partial charge in [0, 0.05) is 0 Å². The zero-order chi connectivity index (χ0) is 15.6. The van der Waals surface area contributed by atoms with E-state index in [0.717, 1.165) is 17.5 Å². The summed E-state index contributed by atoms with van der Waals surface area (Å²) in [6, 6.07) is 0. The Kier molecular flexibility index (Phi) is 5.26. The smallest absolute Gasteiger partial charge is 0.366 e. The zero-order valence-electron chi connectivity index (χ0n) is 10.7. The van der Waals surface area contributed by atoms with Crippen LogP contribution < -0.4 is 0 Å². The second kappa shape index (κ2) is 6.03. The summed E-state index contributed by atoms with van der Waals surface area (Å²) < 4.78 is 23.4. The van der Waals surface area contributed by atoms with Crippen molar-refractivity contribution in [3.05, 3.63) is 11.9 Å². The van der Waals surface area contributed by atoms with E-state index in [4.69, 9.17) is 19.6 Å². The normalized spacial score (nSPS) is 13.7. The molecule has 0 saturated heterocycles. The molecule has 0 aliphatic carbocycles. The fraction of sp³-hybridized carbons (Fsp3) is 0.750. The molecule has 1 heterocycles. The fourth-order valence-corrected chi connectivity index (χ4v) is 3.51. The third-order valence-corrected chi connectivity index (χ3v) is 6.49. The Morgan fingerprint density at radius 2 is 1.80 bits per heavy atom. The summed E-state index contributed by atoms with van der Waals surface area (Å²) in [5.74, 6) is 0. The average molecular weight is 329 g/mol. The van der Waals surface area contributed by atoms with Gasteiger partial charge in [0.05, 0.1) is 18.4 Å². The van der Waals surface area contributed by atoms with Gasteiger partial charge < -0.3 is 24.7 Å². The van der Waals surface area contributed by atoms with Crippen LogP contribution in [0, 0.1) is 0 Å². The summed E-state index contributed by atoms with van der Waals surface area (Å²) in [7, 11) is -11.0. The Hall–Kier alpha value is -0.600. The highest BCUT2D eigenvalue weighted by Crippen LogP contribution is 2.67. The monoisotopic (exact) mass is 329 g/mol. The van der Waals surface area contributed by atoms with Gasteiger partial charge in [-0.2, -0.15) is 0 Å². The Balaban J connectivity index is 3.13. The van der Waals surface area contributed by atoms with Crippen molar-refractivity contribution in [2.45, 2.75) is 37.8 Å². The predicted octanol–water partition coefficient (Wildman–Crippen LogP) is -0.378. The van der Waals surface area contributed by atoms with Gasteiger partial charge in [0.2, 0.25) is 0 Å². The van der Waals surface area contributed by atoms with Crippen LogP contribution >= 0.6 is 15.2 Å². The van der Waals surface area contributed by atoms with E-state index in [2.05, 4.69) is 10.3 Å². The number of hydrogen-bond acceptors (Lipinski definition) is 5. The summed E-state index contributed by atoms with van der Waals surface area (Å²) in [6.45, 7) is 0.885. The third-order valence-electron chi connectivity index (χ3n) is 2.78. The van der Waals surface area contributed by atoms with Crippen molar-refractivity contribution in [1.82, 2.24) is 15.0 Å². The fourth-order valence-electron chi connectivity index (χ4n) is 1.52. The van der Waals surface area contributed by atoms with E-state index >= 15 is 0 Å². The van der Waals surface area contributed by atoms with Crippen LogP contribution in [0.25, 0.3) is 0 Å². The van der Waals surface area contributed by atoms with E-state index in [9.17, 15) is 14.2 Å². The standard InChI is InChI=1S/C8H17N3O7P2/c1-2-3-4-7-5-9-10-11(7)6-8(12,19(13,14)15)20(16,17)18/h5,12H,2-4,6H2,1H3,(H2,13,14,15)(H2,16,17,18). The zero-order valence-corrected chi connectivity index (χ0v) is 12.5. The van der Waals surface area contributed by atoms with Crippen molar-refractivity contribution in [2.24, 2.45) is 0 Å². The predicted molar refractivity (Wildman–Crippen MR) is 67.7 cm³/mol. The molecule has 0 unspecified atom stereocenters. The first-order valence-electron chi connectivity index (χ1n) is 5.74. The SMILES string of the molecule is CCCCc1cnnn1CC(O)(P(=O)(O)O)P(=O)(O)O. The van der Waals surface area contributed by atoms with E-state index in [-0.39, 0.29) is 0 Å². The van der Waals surface area contributed by atoms with Crippen LogP contribution in [0.4, 0.5) is 0 Å². The molecular weight excluding hydrogens is 312 g/mol. The molecule has 12 heteroatoms. The number of aromatic nitrogens is 3. The van der Waals surface area contributed by atoms with Crippen LogP contribution in [0.5, 0.6) is 0 Å². The quantitative estimate of drug-likeness (QED) is 0.419. The summed E-state index contributed by atoms with van der Waals surface area (Å²) in [5, 5.41) is 13.3. The van der Waals surface area contributed by atoms with E-state index in [1.54, 1.807) is 0 Å². The minimum atomic E-state index is -5.49. The molecule has 0 fully saturated rings. The molecule has 0 spiro atoms. The van der Waals surface area contributed by atoms with Crippen molar-refractivity contribution in [1.29, 1.82) is 0 Å². The van der Waals surface area contributed by atoms with E-state index in [1.165, 1.54) is 6.20 Å². The van der Waals surface area contributed by atoms with E-state index in [1.807, 2.05) is 6.92 Å². The number of hydrogen-bond donors (Lipinski definition) is 5. The molecule has 116 valence electrons. The van der Waals surface area contributed by atoms with Crippen LogP contribution in [-0.4, -0.2) is 44.8 Å². The number of aryl methyl sites for hydroxylation is 1. The molecule has 0 aliphatic rings. The topological polar surface area (TPSA) is 166 Å². The maximum absolute atomic E-state index is 11.2. The lowest BCUT2D eigenvalue weighted by Gasteiger charge is -2.29. The molecule has 20 heavy (non-hydrogen) atoms. The Morgan fingerprint density at radius 1 is 1.25 bits per heavy atom. The van der Waals surface area contributed by atoms with Gasteiger partial charge in [0.15, 0.2) is 0 Å². The van der Waals surface area contributed by atoms with Gasteiger partial charge in [-0.25, -0.2) is 4.68 Å². The Bertz CT molecular complexity index is 526. The largest absolute Gasteiger partial charge is 0.371 e. The Labute approximate surface area is 114 Å². The van der Waals surface area contributed by atoms with Crippen molar-refractivity contribution >= 4 is 15.2 Å². The van der Waals surface area contributed by atoms with Crippen LogP contribution in [0.2, 0.25) is 0 Å². The number of rotatable bonds is 7. The van der Waals surface area contributed by atoms with Crippen LogP contribution in [0.15, 0.2) is 6.20 Å². The van der Waals surface area contributed by atoms with Gasteiger partial charge in [-0.3, -0.25) is 9.13 Å². The van der Waals surface area contributed by atoms with Gasteiger partial charge in [-0.05, 0) is 12.8 Å². The molecule has 0 saturated carbocycles. The lowest BCUT2D eigenvalue weighted by molar-refractivity contribution is 0.110. The first-order valence-corrected chi connectivity index (χ1v) is 8.96. The molecule has 0 bridgehead atoms. The summed E-state index contributed by atoms with van der Waals surface area (Å²) in [5.41, 5.74) is 0.423. The van der Waals surface area contributed by atoms with Crippen molar-refractivity contribution in [3.63, 3.8) is 0 Å². The highest BCUT2D eigenvalue weighted by molar-refractivity contribution is 7.72. The second-order valence-electron chi connectivity index (χ2n) is 4.35. The van der Waals surface area contributed by atoms with Gasteiger partial charge in [-0.15, -0.1) is 5.10 Å². The summed E-state index contributed by atoms with van der Waals surface area (Å²) in [4.78, 5) is 36.2. The van der Waals surface area contributed by atoms with Crippen LogP contribution in [-0.2, 0) is 22.1 Å². The van der Waals surface area contributed by atoms with Gasteiger partial charge in [0.25, 0.3) is 5.08 Å². The lowest BCUT2D eigenvalue weighted by Crippen LogP contribution is -2.35. The minimum Gasteiger partial charge on any atom is -0.366 e. The maximum atomic E-state index is 11.2. The van der Waals surface area contributed by atoms with Crippen LogP contribution in [0.1, 0.15) is 25.5 Å². The molecule has 0 aliphatic heterocycles. The first-order chi connectivity index (χ1) is 9.03. The molecular formula is C8H17N3O7P2. The average Bonchev–Trinajstić information content (AvgIpc) is 2.70. The van der Waals surface area contributed by atoms with Crippen molar-refractivity contribution in [3.8, 4) is 0 Å². The molecule has 0 aromatic carbocycles. The van der Waals surface area contributed by atoms with Crippen molar-refractivity contribution < 1.29 is 33.8 Å². The lowest BCUT2D eigenvalue weighted by atomic mass is 10.2. The Morgan fingerprint density at radius 3 is 2.25 bits per heavy atom. The van der Waals surface area contributed by atoms with Gasteiger partial charge in [0.1, 0.15) is 0 Å². The van der Waals surface area contributed by atoms with Gasteiger partial charge in [-0.1, -0.05) is 18.6 Å². The molecule has 0 radical (unpaired) electrons. The second-order valence-corrected chi connectivity index (χ2v) is 8.36. The van der Waals surface area contributed by atoms with E-state index in [0.29, 0.717) is 12.1 Å². The maximum Gasteiger partial charge on any atom is 0.371 e. The first kappa shape index (κ1) is 17.5. The molecule has 0 atom stereocenters. The third kappa shape index (κ3) is 3.53. The molecule has 10 nitrogen and oxygen atoms in total. The molecule has 1 rings (SSSR count). The van der Waals surface area contributed by atoms with Crippen LogP contribution in [0.3, 0.4) is 0 Å². The molecule has 0 amide bonds. The summed E-state index contributed by atoms with van der Waals surface area (Å²) >= 11 is 0. The van der Waals surface area contributed by atoms with E-state index < -0.39 is 26.8 Å². The molecule has 1 aromatic rings. The minimum absolute atomic E-state index is 0.423. The molecule has 1 aromatic heterocycles. The van der Waals surface area contributed by atoms with Crippen molar-refractivity contribution in [2.75, 3.05) is 0 Å². The summed E-state index contributed by atoms with van der Waals surface area (Å²) in [6.07, 6.45) is 3.35. The highest BCUT2D eigenvalue weighted by Gasteiger charge is 2.60. The van der Waals surface area contributed by atoms with Gasteiger partial charge >= 0.3 is 15.2 Å². The highest BCUT2D eigenvalue weighted by atomic mass is 31.2. The number of aliphatic hydroxyl groups is 1. The molecule has 5 N–H and O–H groups in total. The number of nitrogens with zero attached hydrogens (tertiary/aromatic N) is 3. The number of unbranched alkanes of at least 4 members (excludes halogenated alkanes) is 1.